The molecule has 0 radical (unpaired) electrons. The third-order valence-electron chi connectivity index (χ3n) is 1.72. The van der Waals surface area contributed by atoms with Gasteiger partial charge in [0.05, 0.1) is 4.47 Å². The first-order valence-corrected chi connectivity index (χ1v) is 5.04. The number of rotatable bonds is 3. The fourth-order valence-electron chi connectivity index (χ4n) is 1.01. The van der Waals surface area contributed by atoms with E-state index in [2.05, 4.69) is 26.2 Å². The van der Waals surface area contributed by atoms with Crippen molar-refractivity contribution in [3.8, 4) is 5.75 Å². The molecule has 0 aliphatic rings. The van der Waals surface area contributed by atoms with Gasteiger partial charge in [-0.25, -0.2) is 4.79 Å². The van der Waals surface area contributed by atoms with Gasteiger partial charge in [-0.05, 0) is 33.3 Å². The summed E-state index contributed by atoms with van der Waals surface area (Å²) in [5.41, 5.74) is -0.174. The summed E-state index contributed by atoms with van der Waals surface area (Å²) >= 11 is 3.29. The van der Waals surface area contributed by atoms with Crippen LogP contribution in [0, 0.1) is 0 Å². The van der Waals surface area contributed by atoms with Crippen molar-refractivity contribution >= 4 is 21.9 Å². The van der Waals surface area contributed by atoms with Crippen molar-refractivity contribution in [2.24, 2.45) is 0 Å². The van der Waals surface area contributed by atoms with E-state index in [4.69, 9.17) is 9.94 Å². The summed E-state index contributed by atoms with van der Waals surface area (Å²) in [5.74, 6) is -0.633. The largest absolute Gasteiger partial charge is 0.476 e. The van der Waals surface area contributed by atoms with Gasteiger partial charge in [-0.1, -0.05) is 17.0 Å². The number of para-hydroxylation sites is 1. The number of aromatic carboxylic acids is 1. The van der Waals surface area contributed by atoms with Gasteiger partial charge in [0.1, 0.15) is 6.20 Å². The maximum absolute atomic E-state index is 10.6. The van der Waals surface area contributed by atoms with E-state index >= 15 is 0 Å². The Bertz CT molecular complexity index is 526. The van der Waals surface area contributed by atoms with Crippen LogP contribution in [0.4, 0.5) is 0 Å². The molecule has 6 nitrogen and oxygen atoms in total. The maximum atomic E-state index is 10.6. The smallest absolute Gasteiger partial charge is 0.358 e. The van der Waals surface area contributed by atoms with Gasteiger partial charge in [-0.3, -0.25) is 0 Å². The molecule has 0 spiro atoms. The van der Waals surface area contributed by atoms with E-state index in [1.54, 1.807) is 18.2 Å². The summed E-state index contributed by atoms with van der Waals surface area (Å²) in [6, 6.07) is 7.13. The number of hydrogen-bond acceptors (Lipinski definition) is 4. The summed E-state index contributed by atoms with van der Waals surface area (Å²) in [4.78, 5) is 16.8. The van der Waals surface area contributed by atoms with E-state index in [-0.39, 0.29) is 5.69 Å². The molecule has 0 unspecified atom stereocenters. The Kier molecular flexibility index (Phi) is 2.86. The normalized spacial score (nSPS) is 10.1. The number of carboxylic acids is 1. The molecule has 0 bridgehead atoms. The lowest BCUT2D eigenvalue weighted by Gasteiger charge is -2.04. The fourth-order valence-corrected chi connectivity index (χ4v) is 1.37. The van der Waals surface area contributed by atoms with E-state index in [9.17, 15) is 4.79 Å². The molecule has 7 heteroatoms. The molecule has 0 fully saturated rings. The van der Waals surface area contributed by atoms with Gasteiger partial charge in [-0.2, -0.15) is 0 Å². The summed E-state index contributed by atoms with van der Waals surface area (Å²) in [5, 5.41) is 15.6. The zero-order chi connectivity index (χ0) is 11.5. The summed E-state index contributed by atoms with van der Waals surface area (Å²) < 4.78 is 0.738. The van der Waals surface area contributed by atoms with Crippen LogP contribution in [0.1, 0.15) is 10.5 Å². The topological polar surface area (TPSA) is 77.2 Å². The minimum absolute atomic E-state index is 0.174. The minimum atomic E-state index is -1.15. The molecule has 2 aromatic rings. The first-order chi connectivity index (χ1) is 7.66. The molecule has 0 aliphatic heterocycles. The summed E-state index contributed by atoms with van der Waals surface area (Å²) in [6.07, 6.45) is 1.18. The van der Waals surface area contributed by atoms with Crippen molar-refractivity contribution in [1.29, 1.82) is 0 Å². The van der Waals surface area contributed by atoms with E-state index in [1.165, 1.54) is 6.20 Å². The van der Waals surface area contributed by atoms with Crippen LogP contribution in [-0.2, 0) is 0 Å². The van der Waals surface area contributed by atoms with Gasteiger partial charge in [0.15, 0.2) is 11.4 Å². The van der Waals surface area contributed by atoms with E-state index in [0.717, 1.165) is 9.32 Å². The van der Waals surface area contributed by atoms with Gasteiger partial charge in [0.25, 0.3) is 0 Å². The van der Waals surface area contributed by atoms with Crippen LogP contribution in [0.5, 0.6) is 5.75 Å². The number of carbonyl (C=O) groups is 1. The van der Waals surface area contributed by atoms with Gasteiger partial charge < -0.3 is 9.94 Å². The Hall–Kier alpha value is -1.89. The molecule has 0 atom stereocenters. The first-order valence-electron chi connectivity index (χ1n) is 4.25. The molecular weight excluding hydrogens is 278 g/mol. The highest BCUT2D eigenvalue weighted by molar-refractivity contribution is 9.10. The van der Waals surface area contributed by atoms with Crippen molar-refractivity contribution in [2.45, 2.75) is 0 Å². The van der Waals surface area contributed by atoms with Crippen LogP contribution < -0.4 is 4.84 Å². The lowest BCUT2D eigenvalue weighted by Crippen LogP contribution is -2.06. The van der Waals surface area contributed by atoms with Crippen LogP contribution in [0.15, 0.2) is 34.9 Å². The molecule has 0 amide bonds. The number of hydrogen-bond donors (Lipinski definition) is 1. The Morgan fingerprint density at radius 3 is 2.81 bits per heavy atom. The highest BCUT2D eigenvalue weighted by Gasteiger charge is 2.09. The van der Waals surface area contributed by atoms with Crippen molar-refractivity contribution in [1.82, 2.24) is 15.2 Å². The molecule has 0 aliphatic carbocycles. The second kappa shape index (κ2) is 4.31. The van der Waals surface area contributed by atoms with Crippen LogP contribution in [0.3, 0.4) is 0 Å². The van der Waals surface area contributed by atoms with Gasteiger partial charge >= 0.3 is 5.97 Å². The number of aromatic nitrogens is 3. The van der Waals surface area contributed by atoms with Crippen molar-refractivity contribution in [3.63, 3.8) is 0 Å². The zero-order valence-corrected chi connectivity index (χ0v) is 9.46. The molecule has 0 saturated heterocycles. The molecule has 1 aromatic carbocycles. The SMILES string of the molecule is O=C(O)c1cn(Oc2ccccc2Br)nn1. The Balaban J connectivity index is 2.21. The average molecular weight is 284 g/mol. The molecule has 1 aromatic heterocycles. The third kappa shape index (κ3) is 2.19. The van der Waals surface area contributed by atoms with Crippen LogP contribution in [0.2, 0.25) is 0 Å². The van der Waals surface area contributed by atoms with Crippen molar-refractivity contribution < 1.29 is 14.7 Å². The number of benzene rings is 1. The third-order valence-corrected chi connectivity index (χ3v) is 2.38. The van der Waals surface area contributed by atoms with Crippen LogP contribution >= 0.6 is 15.9 Å². The van der Waals surface area contributed by atoms with Crippen LogP contribution in [-0.4, -0.2) is 26.2 Å². The monoisotopic (exact) mass is 283 g/mol. The second-order valence-electron chi connectivity index (χ2n) is 2.83. The quantitative estimate of drug-likeness (QED) is 0.925. The van der Waals surface area contributed by atoms with Gasteiger partial charge in [-0.15, -0.1) is 5.10 Å². The molecule has 2 rings (SSSR count). The van der Waals surface area contributed by atoms with Crippen molar-refractivity contribution in [2.75, 3.05) is 0 Å². The predicted octanol–water partition coefficient (Wildman–Crippen LogP) is 1.58. The zero-order valence-electron chi connectivity index (χ0n) is 7.87. The van der Waals surface area contributed by atoms with Crippen molar-refractivity contribution in [3.05, 3.63) is 40.6 Å². The summed E-state index contributed by atoms with van der Waals surface area (Å²) in [7, 11) is 0. The average Bonchev–Trinajstić information content (AvgIpc) is 2.70. The first kappa shape index (κ1) is 10.6. The molecular formula is C9H6BrN3O3. The predicted molar refractivity (Wildman–Crippen MR) is 57.1 cm³/mol. The Labute approximate surface area is 98.5 Å². The molecule has 1 heterocycles. The molecule has 82 valence electrons. The molecule has 16 heavy (non-hydrogen) atoms. The molecule has 0 saturated carbocycles. The lowest BCUT2D eigenvalue weighted by atomic mass is 10.3. The van der Waals surface area contributed by atoms with E-state index in [0.29, 0.717) is 5.75 Å². The number of halogens is 1. The second-order valence-corrected chi connectivity index (χ2v) is 3.69. The lowest BCUT2D eigenvalue weighted by molar-refractivity contribution is 0.0690. The Morgan fingerprint density at radius 2 is 2.19 bits per heavy atom. The Morgan fingerprint density at radius 1 is 1.44 bits per heavy atom. The fraction of sp³-hybridized carbons (Fsp3) is 0. The van der Waals surface area contributed by atoms with E-state index < -0.39 is 5.97 Å². The number of nitrogens with zero attached hydrogens (tertiary/aromatic N) is 3. The molecule has 1 N–H and O–H groups in total. The minimum Gasteiger partial charge on any atom is -0.476 e. The maximum Gasteiger partial charge on any atom is 0.358 e. The van der Waals surface area contributed by atoms with Gasteiger partial charge in [0.2, 0.25) is 0 Å². The van der Waals surface area contributed by atoms with Crippen LogP contribution in [0.25, 0.3) is 0 Å². The van der Waals surface area contributed by atoms with E-state index in [1.807, 2.05) is 6.07 Å². The highest BCUT2D eigenvalue weighted by atomic mass is 79.9. The number of carboxylic acid groups (broad SMARTS) is 1. The standard InChI is InChI=1S/C9H6BrN3O3/c10-6-3-1-2-4-8(6)16-13-5-7(9(14)15)11-12-13/h1-5H,(H,14,15). The highest BCUT2D eigenvalue weighted by Crippen LogP contribution is 2.23. The van der Waals surface area contributed by atoms with Gasteiger partial charge in [0, 0.05) is 0 Å². The summed E-state index contributed by atoms with van der Waals surface area (Å²) in [6.45, 7) is 0.